The van der Waals surface area contributed by atoms with Gasteiger partial charge >= 0.3 is 0 Å². The molecule has 1 rings (SSSR count). The summed E-state index contributed by atoms with van der Waals surface area (Å²) in [7, 11) is 0. The third-order valence-electron chi connectivity index (χ3n) is 1.29. The Hall–Kier alpha value is 0.310. The summed E-state index contributed by atoms with van der Waals surface area (Å²) in [5, 5.41) is 0.387. The monoisotopic (exact) mass is 422 g/mol. The summed E-state index contributed by atoms with van der Waals surface area (Å²) in [6.07, 6.45) is 0. The number of ketones is 1. The van der Waals surface area contributed by atoms with Crippen LogP contribution in [-0.2, 0) is 2.92 Å². The Morgan fingerprint density at radius 3 is 2.47 bits per heavy atom. The minimum atomic E-state index is -0.104. The number of halogens is 4. The number of nitrogens with two attached hydrogens (primary N) is 1. The molecule has 0 bridgehead atoms. The molecule has 0 fully saturated rings. The van der Waals surface area contributed by atoms with Crippen LogP contribution in [0.5, 0.6) is 0 Å². The molecular formula is C7H6Br3ClN2O2. The van der Waals surface area contributed by atoms with Crippen molar-refractivity contribution in [2.75, 3.05) is 11.1 Å². The van der Waals surface area contributed by atoms with Gasteiger partial charge in [0.05, 0.1) is 10.9 Å². The number of rotatable bonds is 2. The van der Waals surface area contributed by atoms with Gasteiger partial charge in [-0.05, 0) is 12.1 Å². The zero-order chi connectivity index (χ0) is 11.8. The maximum absolute atomic E-state index is 11.1. The van der Waals surface area contributed by atoms with Gasteiger partial charge in [0.2, 0.25) is 0 Å². The van der Waals surface area contributed by atoms with Crippen molar-refractivity contribution in [3.63, 3.8) is 0 Å². The molecule has 0 aliphatic rings. The number of nitrogen functional groups attached to an aromatic ring is 1. The first-order valence-electron chi connectivity index (χ1n) is 3.47. The van der Waals surface area contributed by atoms with E-state index in [2.05, 4.69) is 56.4 Å². The van der Waals surface area contributed by atoms with E-state index in [9.17, 15) is 4.79 Å². The summed E-state index contributed by atoms with van der Waals surface area (Å²) in [5.41, 5.74) is 5.74. The van der Waals surface area contributed by atoms with Gasteiger partial charge < -0.3 is 5.73 Å². The first-order chi connectivity index (χ1) is 7.06. The Labute approximate surface area is 118 Å². The number of alkyl halides is 1. The van der Waals surface area contributed by atoms with E-state index < -0.39 is 0 Å². The van der Waals surface area contributed by atoms with Crippen molar-refractivity contribution in [2.24, 2.45) is 0 Å². The van der Waals surface area contributed by atoms with E-state index in [1.54, 1.807) is 12.1 Å². The Morgan fingerprint density at radius 1 is 1.53 bits per heavy atom. The van der Waals surface area contributed by atoms with E-state index in [0.717, 1.165) is 0 Å². The van der Waals surface area contributed by atoms with Gasteiger partial charge in [0.1, 0.15) is 43.5 Å². The average molecular weight is 425 g/mol. The summed E-state index contributed by atoms with van der Waals surface area (Å²) in [5.74, 6) is 0.207. The lowest BCUT2D eigenvalue weighted by atomic mass is 10.2. The molecule has 0 unspecified atom stereocenters. The maximum atomic E-state index is 11.1. The lowest BCUT2D eigenvalue weighted by Gasteiger charge is -1.99. The second-order valence-corrected chi connectivity index (χ2v) is 4.62. The predicted molar refractivity (Wildman–Crippen MR) is 70.7 cm³/mol. The molecular weight excluding hydrogens is 419 g/mol. The minimum absolute atomic E-state index is 0.104. The molecule has 84 valence electrons. The highest BCUT2D eigenvalue weighted by atomic mass is 79.9. The number of nitrogens with zero attached hydrogens (tertiary/aromatic N) is 1. The Kier molecular flexibility index (Phi) is 8.64. The molecule has 2 N–H and O–H groups in total. The van der Waals surface area contributed by atoms with Crippen molar-refractivity contribution in [3.05, 3.63) is 22.8 Å². The number of carbonyl (C=O) groups excluding carboxylic acids is 1. The molecule has 1 heterocycles. The van der Waals surface area contributed by atoms with Crippen LogP contribution in [-0.4, -0.2) is 16.1 Å². The molecule has 0 radical (unpaired) electrons. The maximum Gasteiger partial charge on any atom is 0.176 e. The third-order valence-corrected chi connectivity index (χ3v) is 2.09. The fraction of sp³-hybridized carbons (Fsp3) is 0.143. The van der Waals surface area contributed by atoms with Gasteiger partial charge in [-0.15, -0.1) is 0 Å². The van der Waals surface area contributed by atoms with Crippen LogP contribution in [0.15, 0.2) is 12.1 Å². The van der Waals surface area contributed by atoms with E-state index in [4.69, 9.17) is 17.3 Å². The highest BCUT2D eigenvalue weighted by molar-refractivity contribution is 9.18. The van der Waals surface area contributed by atoms with Gasteiger partial charge in [-0.25, -0.2) is 7.90 Å². The zero-order valence-corrected chi connectivity index (χ0v) is 12.7. The second kappa shape index (κ2) is 8.46. The fourth-order valence-corrected chi connectivity index (χ4v) is 1.30. The van der Waals surface area contributed by atoms with Crippen LogP contribution >= 0.6 is 60.0 Å². The van der Waals surface area contributed by atoms with E-state index in [0.29, 0.717) is 11.4 Å². The number of anilines is 1. The average Bonchev–Trinajstić information content (AvgIpc) is 2.18. The number of aromatic nitrogens is 1. The van der Waals surface area contributed by atoms with Gasteiger partial charge in [-0.1, -0.05) is 27.5 Å². The summed E-state index contributed by atoms with van der Waals surface area (Å²) >= 11 is 13.8. The molecule has 0 atom stereocenters. The van der Waals surface area contributed by atoms with Crippen molar-refractivity contribution in [1.82, 2.24) is 4.98 Å². The normalized spacial score (nSPS) is 9.07. The van der Waals surface area contributed by atoms with Crippen molar-refractivity contribution >= 4 is 71.6 Å². The van der Waals surface area contributed by atoms with Crippen molar-refractivity contribution in [2.45, 2.75) is 0 Å². The Balaban J connectivity index is 0.000000583. The quantitative estimate of drug-likeness (QED) is 0.448. The first kappa shape index (κ1) is 15.3. The van der Waals surface area contributed by atoms with Gasteiger partial charge in [-0.2, -0.15) is 0 Å². The number of hydrogen-bond donors (Lipinski definition) is 1. The van der Waals surface area contributed by atoms with Crippen molar-refractivity contribution < 1.29 is 7.71 Å². The van der Waals surface area contributed by atoms with Crippen LogP contribution in [0.3, 0.4) is 0 Å². The zero-order valence-electron chi connectivity index (χ0n) is 7.21. The van der Waals surface area contributed by atoms with Crippen LogP contribution in [0.1, 0.15) is 10.4 Å². The first-order valence-corrected chi connectivity index (χ1v) is 6.26. The highest BCUT2D eigenvalue weighted by Gasteiger charge is 2.09. The standard InChI is InChI=1S/C7H6BrClN2O.Br2O/c8-3-5(12)4-1-2-6(10)11-7(4)9;1-3-2/h1-2H,3H2,(H2,10,11);. The molecule has 0 amide bonds. The Bertz CT molecular complexity index is 338. The number of carbonyl (C=O) groups is 1. The van der Waals surface area contributed by atoms with Gasteiger partial charge in [-0.3, -0.25) is 4.79 Å². The third kappa shape index (κ3) is 5.82. The van der Waals surface area contributed by atoms with Crippen LogP contribution in [0.4, 0.5) is 5.82 Å². The van der Waals surface area contributed by atoms with Gasteiger partial charge in [0.15, 0.2) is 5.78 Å². The van der Waals surface area contributed by atoms with E-state index in [-0.39, 0.29) is 16.3 Å². The van der Waals surface area contributed by atoms with E-state index in [1.165, 1.54) is 0 Å². The number of Topliss-reactive ketones (excluding diaryl/α,β-unsaturated/α-hetero) is 1. The number of hydrogen-bond acceptors (Lipinski definition) is 4. The molecule has 0 aliphatic carbocycles. The fourth-order valence-electron chi connectivity index (χ4n) is 0.728. The molecule has 0 saturated heterocycles. The molecule has 8 heteroatoms. The lowest BCUT2D eigenvalue weighted by molar-refractivity contribution is 0.102. The summed E-state index contributed by atoms with van der Waals surface area (Å²) in [6, 6.07) is 3.11. The second-order valence-electron chi connectivity index (χ2n) is 2.19. The van der Waals surface area contributed by atoms with E-state index in [1.807, 2.05) is 0 Å². The lowest BCUT2D eigenvalue weighted by Crippen LogP contribution is -2.03. The highest BCUT2D eigenvalue weighted by Crippen LogP contribution is 2.15. The Morgan fingerprint density at radius 2 is 2.07 bits per heavy atom. The summed E-state index contributed by atoms with van der Waals surface area (Å²) < 4.78 is 3.88. The largest absolute Gasteiger partial charge is 0.384 e. The van der Waals surface area contributed by atoms with Crippen LogP contribution in [0, 0.1) is 0 Å². The van der Waals surface area contributed by atoms with Crippen LogP contribution < -0.4 is 5.73 Å². The molecule has 0 aliphatic heterocycles. The van der Waals surface area contributed by atoms with Crippen molar-refractivity contribution in [3.8, 4) is 0 Å². The minimum Gasteiger partial charge on any atom is -0.384 e. The SMILES string of the molecule is BrOBr.Nc1ccc(C(=O)CBr)c(Cl)n1. The molecule has 1 aromatic heterocycles. The van der Waals surface area contributed by atoms with E-state index >= 15 is 0 Å². The van der Waals surface area contributed by atoms with Crippen LogP contribution in [0.2, 0.25) is 5.15 Å². The topological polar surface area (TPSA) is 65.2 Å². The van der Waals surface area contributed by atoms with Gasteiger partial charge in [0, 0.05) is 0 Å². The molecule has 4 nitrogen and oxygen atoms in total. The molecule has 0 saturated carbocycles. The summed E-state index contributed by atoms with van der Waals surface area (Å²) in [4.78, 5) is 14.9. The van der Waals surface area contributed by atoms with Crippen LogP contribution in [0.25, 0.3) is 0 Å². The smallest absolute Gasteiger partial charge is 0.176 e. The number of pyridine rings is 1. The molecule has 1 aromatic rings. The molecule has 15 heavy (non-hydrogen) atoms. The molecule has 0 spiro atoms. The van der Waals surface area contributed by atoms with Gasteiger partial charge in [0.25, 0.3) is 0 Å². The van der Waals surface area contributed by atoms with Crippen molar-refractivity contribution in [1.29, 1.82) is 0 Å². The molecule has 0 aromatic carbocycles. The predicted octanol–water partition coefficient (Wildman–Crippen LogP) is 3.52. The summed E-state index contributed by atoms with van der Waals surface area (Å²) in [6.45, 7) is 0.